The fourth-order valence-corrected chi connectivity index (χ4v) is 2.41. The Morgan fingerprint density at radius 1 is 1.35 bits per heavy atom. The molecule has 0 spiro atoms. The lowest BCUT2D eigenvalue weighted by molar-refractivity contribution is 0.534. The summed E-state index contributed by atoms with van der Waals surface area (Å²) in [6, 6.07) is 8.94. The molecule has 0 saturated carbocycles. The van der Waals surface area contributed by atoms with Crippen LogP contribution in [0.25, 0.3) is 0 Å². The zero-order chi connectivity index (χ0) is 14.5. The van der Waals surface area contributed by atoms with Crippen molar-refractivity contribution in [2.75, 3.05) is 6.54 Å². The Kier molecular flexibility index (Phi) is 5.10. The van der Waals surface area contributed by atoms with Crippen molar-refractivity contribution >= 4 is 11.6 Å². The number of hydrogen-bond donors (Lipinski definition) is 1. The third kappa shape index (κ3) is 3.56. The van der Waals surface area contributed by atoms with Gasteiger partial charge in [0.2, 0.25) is 0 Å². The second kappa shape index (κ2) is 6.82. The lowest BCUT2D eigenvalue weighted by atomic mass is 10.0. The molecule has 2 nitrogen and oxygen atoms in total. The molecule has 0 amide bonds. The van der Waals surface area contributed by atoms with E-state index in [1.807, 2.05) is 32.0 Å². The lowest BCUT2D eigenvalue weighted by Gasteiger charge is -2.18. The summed E-state index contributed by atoms with van der Waals surface area (Å²) in [4.78, 5) is 4.41. The molecular weight excluding hydrogens is 275 g/mol. The van der Waals surface area contributed by atoms with Gasteiger partial charge in [0, 0.05) is 6.20 Å². The minimum absolute atomic E-state index is 0.0270. The summed E-state index contributed by atoms with van der Waals surface area (Å²) in [5.41, 5.74) is 2.90. The summed E-state index contributed by atoms with van der Waals surface area (Å²) in [6.07, 6.45) is 2.41. The number of pyridine rings is 1. The van der Waals surface area contributed by atoms with Gasteiger partial charge < -0.3 is 5.32 Å². The van der Waals surface area contributed by atoms with Crippen molar-refractivity contribution < 1.29 is 4.39 Å². The van der Waals surface area contributed by atoms with E-state index in [-0.39, 0.29) is 16.9 Å². The standard InChI is InChI=1S/C16H18ClFN2/c1-3-19-15(14-9-11(2)7-8-20-14)10-12-5-4-6-13(18)16(12)17/h4-9,15,19H,3,10H2,1-2H3. The first-order chi connectivity index (χ1) is 9.61. The SMILES string of the molecule is CCNC(Cc1cccc(F)c1Cl)c1cc(C)ccn1. The number of likely N-dealkylation sites (N-methyl/N-ethyl adjacent to an activating group) is 1. The van der Waals surface area contributed by atoms with Crippen LogP contribution in [-0.4, -0.2) is 11.5 Å². The molecule has 4 heteroatoms. The number of nitrogens with zero attached hydrogens (tertiary/aromatic N) is 1. The average Bonchev–Trinajstić information content (AvgIpc) is 2.43. The Balaban J connectivity index is 2.28. The number of benzene rings is 1. The van der Waals surface area contributed by atoms with E-state index in [1.54, 1.807) is 12.3 Å². The van der Waals surface area contributed by atoms with Gasteiger partial charge >= 0.3 is 0 Å². The minimum atomic E-state index is -0.378. The Hall–Kier alpha value is -1.45. The van der Waals surface area contributed by atoms with Crippen LogP contribution >= 0.6 is 11.6 Å². The fourth-order valence-electron chi connectivity index (χ4n) is 2.20. The molecule has 2 aromatic rings. The summed E-state index contributed by atoms with van der Waals surface area (Å²) in [5, 5.41) is 3.57. The molecule has 0 bridgehead atoms. The van der Waals surface area contributed by atoms with E-state index in [0.29, 0.717) is 6.42 Å². The summed E-state index contributed by atoms with van der Waals surface area (Å²) in [7, 11) is 0. The monoisotopic (exact) mass is 292 g/mol. The maximum atomic E-state index is 13.5. The van der Waals surface area contributed by atoms with Crippen LogP contribution in [0.2, 0.25) is 5.02 Å². The first-order valence-corrected chi connectivity index (χ1v) is 7.08. The number of hydrogen-bond acceptors (Lipinski definition) is 2. The Morgan fingerprint density at radius 2 is 2.15 bits per heavy atom. The second-order valence-corrected chi connectivity index (χ2v) is 5.16. The first kappa shape index (κ1) is 14.9. The number of aromatic nitrogens is 1. The summed E-state index contributed by atoms with van der Waals surface area (Å²) < 4.78 is 13.5. The Labute approximate surface area is 124 Å². The van der Waals surface area contributed by atoms with Crippen molar-refractivity contribution in [3.8, 4) is 0 Å². The van der Waals surface area contributed by atoms with Crippen molar-refractivity contribution in [3.05, 3.63) is 64.2 Å². The molecule has 1 N–H and O–H groups in total. The van der Waals surface area contributed by atoms with Crippen LogP contribution in [0.3, 0.4) is 0 Å². The Morgan fingerprint density at radius 3 is 2.85 bits per heavy atom. The summed E-state index contributed by atoms with van der Waals surface area (Å²) in [5.74, 6) is -0.378. The first-order valence-electron chi connectivity index (χ1n) is 6.70. The normalized spacial score (nSPS) is 12.4. The smallest absolute Gasteiger partial charge is 0.142 e. The van der Waals surface area contributed by atoms with Crippen molar-refractivity contribution in [2.24, 2.45) is 0 Å². The molecule has 2 rings (SSSR count). The highest BCUT2D eigenvalue weighted by Gasteiger charge is 2.15. The highest BCUT2D eigenvalue weighted by atomic mass is 35.5. The molecular formula is C16H18ClFN2. The molecule has 1 atom stereocenters. The molecule has 1 heterocycles. The van der Waals surface area contributed by atoms with Crippen LogP contribution in [0.5, 0.6) is 0 Å². The van der Waals surface area contributed by atoms with Crippen molar-refractivity contribution in [1.82, 2.24) is 10.3 Å². The second-order valence-electron chi connectivity index (χ2n) is 4.79. The third-order valence-electron chi connectivity index (χ3n) is 3.20. The molecule has 0 aliphatic carbocycles. The maximum Gasteiger partial charge on any atom is 0.142 e. The van der Waals surface area contributed by atoms with E-state index < -0.39 is 0 Å². The van der Waals surface area contributed by atoms with E-state index >= 15 is 0 Å². The Bertz CT molecular complexity index is 586. The fraction of sp³-hybridized carbons (Fsp3) is 0.312. The van der Waals surface area contributed by atoms with Gasteiger partial charge in [0.25, 0.3) is 0 Å². The minimum Gasteiger partial charge on any atom is -0.309 e. The quantitative estimate of drug-likeness (QED) is 0.898. The number of aryl methyl sites for hydroxylation is 1. The lowest BCUT2D eigenvalue weighted by Crippen LogP contribution is -2.24. The van der Waals surface area contributed by atoms with Crippen LogP contribution in [0, 0.1) is 12.7 Å². The highest BCUT2D eigenvalue weighted by molar-refractivity contribution is 6.31. The molecule has 106 valence electrons. The van der Waals surface area contributed by atoms with E-state index in [9.17, 15) is 4.39 Å². The van der Waals surface area contributed by atoms with Crippen molar-refractivity contribution in [2.45, 2.75) is 26.3 Å². The molecule has 0 fully saturated rings. The van der Waals surface area contributed by atoms with Crippen LogP contribution < -0.4 is 5.32 Å². The van der Waals surface area contributed by atoms with Gasteiger partial charge in [-0.2, -0.15) is 0 Å². The largest absolute Gasteiger partial charge is 0.309 e. The molecule has 20 heavy (non-hydrogen) atoms. The molecule has 0 aliphatic rings. The van der Waals surface area contributed by atoms with Gasteiger partial charge in [0.05, 0.1) is 16.8 Å². The molecule has 0 radical (unpaired) electrons. The number of rotatable bonds is 5. The predicted molar refractivity (Wildman–Crippen MR) is 80.5 cm³/mol. The van der Waals surface area contributed by atoms with E-state index in [2.05, 4.69) is 10.3 Å². The molecule has 0 saturated heterocycles. The van der Waals surface area contributed by atoms with E-state index in [1.165, 1.54) is 6.07 Å². The van der Waals surface area contributed by atoms with Crippen molar-refractivity contribution in [1.29, 1.82) is 0 Å². The molecule has 0 aliphatic heterocycles. The molecule has 1 aromatic heterocycles. The van der Waals surface area contributed by atoms with Gasteiger partial charge in [-0.25, -0.2) is 4.39 Å². The average molecular weight is 293 g/mol. The summed E-state index contributed by atoms with van der Waals surface area (Å²) >= 11 is 6.03. The van der Waals surface area contributed by atoms with E-state index in [4.69, 9.17) is 11.6 Å². The summed E-state index contributed by atoms with van der Waals surface area (Å²) in [6.45, 7) is 4.88. The van der Waals surface area contributed by atoms with Crippen LogP contribution in [0.1, 0.15) is 29.8 Å². The highest BCUT2D eigenvalue weighted by Crippen LogP contribution is 2.25. The topological polar surface area (TPSA) is 24.9 Å². The zero-order valence-electron chi connectivity index (χ0n) is 11.7. The van der Waals surface area contributed by atoms with Crippen LogP contribution in [0.15, 0.2) is 36.5 Å². The van der Waals surface area contributed by atoms with E-state index in [0.717, 1.165) is 23.4 Å². The number of halogens is 2. The zero-order valence-corrected chi connectivity index (χ0v) is 12.4. The predicted octanol–water partition coefficient (Wildman–Crippen LogP) is 4.08. The maximum absolute atomic E-state index is 13.5. The number of nitrogens with one attached hydrogen (secondary N) is 1. The van der Waals surface area contributed by atoms with Crippen LogP contribution in [0.4, 0.5) is 4.39 Å². The van der Waals surface area contributed by atoms with Crippen molar-refractivity contribution in [3.63, 3.8) is 0 Å². The molecule has 1 aromatic carbocycles. The van der Waals surface area contributed by atoms with Crippen LogP contribution in [-0.2, 0) is 6.42 Å². The van der Waals surface area contributed by atoms with Gasteiger partial charge in [-0.05, 0) is 49.2 Å². The molecule has 1 unspecified atom stereocenters. The van der Waals surface area contributed by atoms with Gasteiger partial charge in [0.1, 0.15) is 5.82 Å². The van der Waals surface area contributed by atoms with Gasteiger partial charge in [0.15, 0.2) is 0 Å². The van der Waals surface area contributed by atoms with Gasteiger partial charge in [-0.15, -0.1) is 0 Å². The van der Waals surface area contributed by atoms with Gasteiger partial charge in [-0.3, -0.25) is 4.98 Å². The van der Waals surface area contributed by atoms with Gasteiger partial charge in [-0.1, -0.05) is 30.7 Å². The third-order valence-corrected chi connectivity index (χ3v) is 3.62.